The van der Waals surface area contributed by atoms with Crippen LogP contribution in [-0.2, 0) is 13.6 Å². The highest BCUT2D eigenvalue weighted by Crippen LogP contribution is 2.18. The van der Waals surface area contributed by atoms with Gasteiger partial charge in [-0.15, -0.1) is 0 Å². The van der Waals surface area contributed by atoms with Crippen molar-refractivity contribution in [2.75, 3.05) is 0 Å². The Morgan fingerprint density at radius 1 is 1.55 bits per heavy atom. The molecule has 9 heteroatoms. The van der Waals surface area contributed by atoms with Crippen LogP contribution < -0.4 is 5.32 Å². The van der Waals surface area contributed by atoms with Crippen LogP contribution in [0.4, 0.5) is 10.1 Å². The Hall–Kier alpha value is -2.84. The summed E-state index contributed by atoms with van der Waals surface area (Å²) in [6.07, 6.45) is 1.48. The standard InChI is InChI=1S/C11H10FN5O3/c1-16-6-14-10(15-16)5-13-11(18)7-2-3-8(12)9(4-7)17(19)20/h2-4,6H,5H2,1H3,(H,13,18). The Bertz CT molecular complexity index is 670. The average molecular weight is 279 g/mol. The van der Waals surface area contributed by atoms with Crippen molar-refractivity contribution in [3.63, 3.8) is 0 Å². The van der Waals surface area contributed by atoms with Gasteiger partial charge in [0.1, 0.15) is 6.33 Å². The van der Waals surface area contributed by atoms with E-state index in [4.69, 9.17) is 0 Å². The first-order chi connectivity index (χ1) is 9.47. The van der Waals surface area contributed by atoms with E-state index in [0.717, 1.165) is 12.1 Å². The van der Waals surface area contributed by atoms with Crippen LogP contribution in [0.3, 0.4) is 0 Å². The van der Waals surface area contributed by atoms with Crippen LogP contribution in [0.2, 0.25) is 0 Å². The van der Waals surface area contributed by atoms with Crippen molar-refractivity contribution in [1.82, 2.24) is 20.1 Å². The zero-order valence-corrected chi connectivity index (χ0v) is 10.4. The minimum atomic E-state index is -0.988. The van der Waals surface area contributed by atoms with Crippen LogP contribution in [0.25, 0.3) is 0 Å². The Morgan fingerprint density at radius 2 is 2.30 bits per heavy atom. The van der Waals surface area contributed by atoms with Crippen molar-refractivity contribution in [2.45, 2.75) is 6.54 Å². The van der Waals surface area contributed by atoms with E-state index in [1.54, 1.807) is 7.05 Å². The first-order valence-corrected chi connectivity index (χ1v) is 5.54. The summed E-state index contributed by atoms with van der Waals surface area (Å²) in [6.45, 7) is 0.0743. The molecule has 0 aliphatic carbocycles. The Morgan fingerprint density at radius 3 is 2.90 bits per heavy atom. The van der Waals surface area contributed by atoms with Gasteiger partial charge in [0.2, 0.25) is 5.82 Å². The van der Waals surface area contributed by atoms with Gasteiger partial charge in [0.25, 0.3) is 5.91 Å². The van der Waals surface area contributed by atoms with Crippen molar-refractivity contribution in [3.05, 3.63) is 51.8 Å². The summed E-state index contributed by atoms with van der Waals surface area (Å²) in [6, 6.07) is 2.94. The lowest BCUT2D eigenvalue weighted by Gasteiger charge is -2.03. The summed E-state index contributed by atoms with van der Waals surface area (Å²) in [7, 11) is 1.68. The summed E-state index contributed by atoms with van der Waals surface area (Å²) in [5.74, 6) is -1.16. The van der Waals surface area contributed by atoms with E-state index in [0.29, 0.717) is 5.82 Å². The molecule has 0 aliphatic heterocycles. The maximum Gasteiger partial charge on any atom is 0.305 e. The van der Waals surface area contributed by atoms with Gasteiger partial charge in [-0.05, 0) is 12.1 Å². The lowest BCUT2D eigenvalue weighted by atomic mass is 10.2. The molecule has 1 amide bonds. The largest absolute Gasteiger partial charge is 0.345 e. The normalized spacial score (nSPS) is 10.3. The van der Waals surface area contributed by atoms with Crippen molar-refractivity contribution < 1.29 is 14.1 Å². The molecule has 20 heavy (non-hydrogen) atoms. The van der Waals surface area contributed by atoms with Gasteiger partial charge in [0.15, 0.2) is 5.82 Å². The first kappa shape index (κ1) is 13.6. The Labute approximate surface area is 112 Å². The van der Waals surface area contributed by atoms with Crippen LogP contribution in [0.15, 0.2) is 24.5 Å². The fraction of sp³-hybridized carbons (Fsp3) is 0.182. The van der Waals surface area contributed by atoms with E-state index in [2.05, 4.69) is 15.4 Å². The molecule has 1 N–H and O–H groups in total. The Balaban J connectivity index is 2.09. The average Bonchev–Trinajstić information content (AvgIpc) is 2.82. The molecule has 0 atom stereocenters. The van der Waals surface area contributed by atoms with E-state index in [-0.39, 0.29) is 12.1 Å². The predicted molar refractivity (Wildman–Crippen MR) is 65.2 cm³/mol. The predicted octanol–water partition coefficient (Wildman–Crippen LogP) is 0.792. The Kier molecular flexibility index (Phi) is 3.69. The number of nitro groups is 1. The minimum Gasteiger partial charge on any atom is -0.345 e. The van der Waals surface area contributed by atoms with Crippen LogP contribution in [0, 0.1) is 15.9 Å². The van der Waals surface area contributed by atoms with E-state index >= 15 is 0 Å². The molecule has 2 aromatic rings. The molecule has 8 nitrogen and oxygen atoms in total. The molecular formula is C11H10FN5O3. The molecule has 1 aromatic heterocycles. The first-order valence-electron chi connectivity index (χ1n) is 5.54. The van der Waals surface area contributed by atoms with Gasteiger partial charge >= 0.3 is 5.69 Å². The SMILES string of the molecule is Cn1cnc(CNC(=O)c2ccc(F)c([N+](=O)[O-])c2)n1. The van der Waals surface area contributed by atoms with Gasteiger partial charge in [-0.1, -0.05) is 0 Å². The fourth-order valence-corrected chi connectivity index (χ4v) is 1.52. The van der Waals surface area contributed by atoms with Gasteiger partial charge in [-0.2, -0.15) is 9.49 Å². The van der Waals surface area contributed by atoms with E-state index < -0.39 is 22.3 Å². The molecule has 0 radical (unpaired) electrons. The zero-order valence-electron chi connectivity index (χ0n) is 10.4. The molecule has 2 rings (SSSR count). The second kappa shape index (κ2) is 5.43. The second-order valence-electron chi connectivity index (χ2n) is 3.94. The van der Waals surface area contributed by atoms with Crippen molar-refractivity contribution in [1.29, 1.82) is 0 Å². The van der Waals surface area contributed by atoms with Crippen molar-refractivity contribution >= 4 is 11.6 Å². The fourth-order valence-electron chi connectivity index (χ4n) is 1.52. The number of carbonyl (C=O) groups is 1. The second-order valence-corrected chi connectivity index (χ2v) is 3.94. The van der Waals surface area contributed by atoms with Crippen molar-refractivity contribution in [2.24, 2.45) is 7.05 Å². The van der Waals surface area contributed by atoms with E-state index in [1.807, 2.05) is 0 Å². The summed E-state index contributed by atoms with van der Waals surface area (Å²) >= 11 is 0. The molecule has 104 valence electrons. The lowest BCUT2D eigenvalue weighted by Crippen LogP contribution is -2.23. The highest BCUT2D eigenvalue weighted by atomic mass is 19.1. The number of nitrogens with zero attached hydrogens (tertiary/aromatic N) is 4. The summed E-state index contributed by atoms with van der Waals surface area (Å²) in [4.78, 5) is 25.4. The molecular weight excluding hydrogens is 269 g/mol. The number of hydrogen-bond acceptors (Lipinski definition) is 5. The van der Waals surface area contributed by atoms with Crippen molar-refractivity contribution in [3.8, 4) is 0 Å². The lowest BCUT2D eigenvalue weighted by molar-refractivity contribution is -0.387. The number of aryl methyl sites for hydroxylation is 1. The third kappa shape index (κ3) is 2.94. The number of amides is 1. The number of halogens is 1. The monoisotopic (exact) mass is 279 g/mol. The molecule has 0 fully saturated rings. The molecule has 0 spiro atoms. The van der Waals surface area contributed by atoms with E-state index in [1.165, 1.54) is 17.1 Å². The van der Waals surface area contributed by atoms with Crippen LogP contribution in [0.1, 0.15) is 16.2 Å². The molecule has 0 bridgehead atoms. The van der Waals surface area contributed by atoms with Crippen LogP contribution in [-0.4, -0.2) is 25.6 Å². The van der Waals surface area contributed by atoms with Gasteiger partial charge in [0.05, 0.1) is 11.5 Å². The van der Waals surface area contributed by atoms with Crippen LogP contribution in [0.5, 0.6) is 0 Å². The summed E-state index contributed by atoms with van der Waals surface area (Å²) in [5, 5.41) is 17.0. The molecule has 0 saturated carbocycles. The quantitative estimate of drug-likeness (QED) is 0.658. The molecule has 1 aromatic carbocycles. The molecule has 0 aliphatic rings. The van der Waals surface area contributed by atoms with Gasteiger partial charge in [0, 0.05) is 18.7 Å². The van der Waals surface area contributed by atoms with Gasteiger partial charge in [-0.25, -0.2) is 4.98 Å². The number of nitrogens with one attached hydrogen (secondary N) is 1. The topological polar surface area (TPSA) is 103 Å². The van der Waals surface area contributed by atoms with Crippen LogP contribution >= 0.6 is 0 Å². The van der Waals surface area contributed by atoms with Gasteiger partial charge in [-0.3, -0.25) is 19.6 Å². The maximum atomic E-state index is 13.1. The number of hydrogen-bond donors (Lipinski definition) is 1. The number of nitro benzene ring substituents is 1. The molecule has 1 heterocycles. The highest BCUT2D eigenvalue weighted by molar-refractivity contribution is 5.94. The molecule has 0 saturated heterocycles. The number of carbonyl (C=O) groups excluding carboxylic acids is 1. The summed E-state index contributed by atoms with van der Waals surface area (Å²) in [5.41, 5.74) is -0.748. The smallest absolute Gasteiger partial charge is 0.305 e. The van der Waals surface area contributed by atoms with E-state index in [9.17, 15) is 19.3 Å². The number of benzene rings is 1. The minimum absolute atomic E-state index is 0.00553. The zero-order chi connectivity index (χ0) is 14.7. The third-order valence-electron chi connectivity index (χ3n) is 2.46. The number of rotatable bonds is 4. The van der Waals surface area contributed by atoms with Gasteiger partial charge < -0.3 is 5.32 Å². The number of aromatic nitrogens is 3. The third-order valence-corrected chi connectivity index (χ3v) is 2.46. The molecule has 0 unspecified atom stereocenters. The maximum absolute atomic E-state index is 13.1. The highest BCUT2D eigenvalue weighted by Gasteiger charge is 2.17. The summed E-state index contributed by atoms with van der Waals surface area (Å²) < 4.78 is 14.6.